The number of ether oxygens (including phenoxy) is 2. The summed E-state index contributed by atoms with van der Waals surface area (Å²) in [6, 6.07) is 7.86. The van der Waals surface area contributed by atoms with Crippen molar-refractivity contribution in [1.82, 2.24) is 29.5 Å². The van der Waals surface area contributed by atoms with Crippen molar-refractivity contribution in [3.8, 4) is 23.1 Å². The molecule has 8 nitrogen and oxygen atoms in total. The van der Waals surface area contributed by atoms with Crippen molar-refractivity contribution in [3.63, 3.8) is 0 Å². The van der Waals surface area contributed by atoms with Crippen LogP contribution in [0.1, 0.15) is 43.3 Å². The zero-order valence-corrected chi connectivity index (χ0v) is 18.3. The van der Waals surface area contributed by atoms with Crippen molar-refractivity contribution in [2.24, 2.45) is 12.5 Å². The van der Waals surface area contributed by atoms with Gasteiger partial charge in [0, 0.05) is 25.6 Å². The number of aromatic nitrogens is 6. The summed E-state index contributed by atoms with van der Waals surface area (Å²) in [6.07, 6.45) is 4.57. The van der Waals surface area contributed by atoms with Crippen LogP contribution < -0.4 is 4.74 Å². The third-order valence-electron chi connectivity index (χ3n) is 6.31. The number of nitrogens with zero attached hydrogens (tertiary/aromatic N) is 6. The summed E-state index contributed by atoms with van der Waals surface area (Å²) in [6.45, 7) is 7.09. The van der Waals surface area contributed by atoms with E-state index >= 15 is 0 Å². The normalized spacial score (nSPS) is 17.6. The lowest BCUT2D eigenvalue weighted by atomic mass is 9.50. The Bertz CT molecular complexity index is 1100. The summed E-state index contributed by atoms with van der Waals surface area (Å²) in [7, 11) is 3.56. The first-order valence-corrected chi connectivity index (χ1v) is 10.7. The molecule has 1 aromatic carbocycles. The fourth-order valence-electron chi connectivity index (χ4n) is 4.95. The highest BCUT2D eigenvalue weighted by atomic mass is 16.5. The van der Waals surface area contributed by atoms with Gasteiger partial charge in [-0.15, -0.1) is 5.10 Å². The average molecular weight is 421 g/mol. The smallest absolute Gasteiger partial charge is 0.250 e. The molecule has 2 fully saturated rings. The van der Waals surface area contributed by atoms with Crippen molar-refractivity contribution < 1.29 is 9.47 Å². The highest BCUT2D eigenvalue weighted by molar-refractivity contribution is 5.56. The van der Waals surface area contributed by atoms with Gasteiger partial charge in [0.05, 0.1) is 6.61 Å². The van der Waals surface area contributed by atoms with Gasteiger partial charge in [0.25, 0.3) is 5.95 Å². The van der Waals surface area contributed by atoms with Crippen LogP contribution in [0.5, 0.6) is 5.75 Å². The number of benzene rings is 1. The molecule has 31 heavy (non-hydrogen) atoms. The van der Waals surface area contributed by atoms with E-state index in [1.807, 2.05) is 42.9 Å². The molecule has 2 heterocycles. The van der Waals surface area contributed by atoms with E-state index in [1.54, 1.807) is 11.8 Å². The summed E-state index contributed by atoms with van der Waals surface area (Å²) in [4.78, 5) is 9.56. The SMILES string of the molecule is C=C1CC2(C1)CC(c1nc(-c3ccc(OCCOC)cc3)nn1-c1nc(C)nn1C)C2. The number of hydrogen-bond acceptors (Lipinski definition) is 6. The zero-order chi connectivity index (χ0) is 21.6. The summed E-state index contributed by atoms with van der Waals surface area (Å²) in [5.41, 5.74) is 2.76. The van der Waals surface area contributed by atoms with Crippen LogP contribution in [0.25, 0.3) is 17.3 Å². The molecule has 0 aliphatic heterocycles. The van der Waals surface area contributed by atoms with Crippen molar-refractivity contribution in [2.45, 2.75) is 38.5 Å². The third-order valence-corrected chi connectivity index (χ3v) is 6.31. The Kier molecular flexibility index (Phi) is 4.89. The lowest BCUT2D eigenvalue weighted by Gasteiger charge is -2.54. The maximum absolute atomic E-state index is 5.67. The van der Waals surface area contributed by atoms with Crippen LogP contribution in [0, 0.1) is 12.3 Å². The van der Waals surface area contributed by atoms with Gasteiger partial charge in [-0.25, -0.2) is 9.67 Å². The Hall–Kier alpha value is -3.00. The standard InChI is InChI=1S/C23H28N6O2/c1-15-11-23(12-15)13-18(14-23)21-25-20(27-29(21)22-24-16(2)26-28(22)3)17-5-7-19(8-6-17)31-10-9-30-4/h5-8,18H,1,9-14H2,2-4H3. The van der Waals surface area contributed by atoms with Gasteiger partial charge in [0.15, 0.2) is 5.82 Å². The summed E-state index contributed by atoms with van der Waals surface area (Å²) >= 11 is 0. The highest BCUT2D eigenvalue weighted by Gasteiger charge is 2.52. The van der Waals surface area contributed by atoms with Crippen LogP contribution >= 0.6 is 0 Å². The zero-order valence-electron chi connectivity index (χ0n) is 18.3. The Morgan fingerprint density at radius 3 is 2.45 bits per heavy atom. The van der Waals surface area contributed by atoms with Gasteiger partial charge in [-0.1, -0.05) is 12.2 Å². The first-order valence-electron chi connectivity index (χ1n) is 10.7. The molecule has 1 spiro atoms. The molecular weight excluding hydrogens is 392 g/mol. The van der Waals surface area contributed by atoms with E-state index in [0.717, 1.165) is 48.6 Å². The van der Waals surface area contributed by atoms with Crippen LogP contribution in [-0.4, -0.2) is 49.9 Å². The third kappa shape index (κ3) is 3.65. The van der Waals surface area contributed by atoms with Crippen LogP contribution in [0.4, 0.5) is 0 Å². The molecule has 3 aromatic rings. The molecule has 8 heteroatoms. The van der Waals surface area contributed by atoms with Crippen molar-refractivity contribution >= 4 is 0 Å². The van der Waals surface area contributed by atoms with Crippen LogP contribution in [0.2, 0.25) is 0 Å². The number of hydrogen-bond donors (Lipinski definition) is 0. The van der Waals surface area contributed by atoms with E-state index in [-0.39, 0.29) is 0 Å². The van der Waals surface area contributed by atoms with Gasteiger partial charge in [0.2, 0.25) is 0 Å². The minimum atomic E-state index is 0.378. The maximum Gasteiger partial charge on any atom is 0.250 e. The molecule has 162 valence electrons. The molecule has 2 aliphatic rings. The largest absolute Gasteiger partial charge is 0.491 e. The van der Waals surface area contributed by atoms with Gasteiger partial charge in [-0.2, -0.15) is 14.8 Å². The molecule has 0 atom stereocenters. The van der Waals surface area contributed by atoms with Gasteiger partial charge in [0.1, 0.15) is 24.0 Å². The predicted molar refractivity (Wildman–Crippen MR) is 116 cm³/mol. The van der Waals surface area contributed by atoms with Gasteiger partial charge in [-0.3, -0.25) is 0 Å². The van der Waals surface area contributed by atoms with Crippen molar-refractivity contribution in [3.05, 3.63) is 48.1 Å². The Balaban J connectivity index is 1.44. The fourth-order valence-corrected chi connectivity index (χ4v) is 4.95. The second kappa shape index (κ2) is 7.60. The van der Waals surface area contributed by atoms with E-state index in [0.29, 0.717) is 36.3 Å². The molecule has 2 aliphatic carbocycles. The molecule has 0 bridgehead atoms. The minimum absolute atomic E-state index is 0.378. The summed E-state index contributed by atoms with van der Waals surface area (Å²) in [5.74, 6) is 4.26. The molecule has 5 rings (SSSR count). The minimum Gasteiger partial charge on any atom is -0.491 e. The van der Waals surface area contributed by atoms with Crippen LogP contribution in [0.3, 0.4) is 0 Å². The number of allylic oxidation sites excluding steroid dienone is 1. The van der Waals surface area contributed by atoms with E-state index < -0.39 is 0 Å². The predicted octanol–water partition coefficient (Wildman–Crippen LogP) is 3.61. The topological polar surface area (TPSA) is 79.9 Å². The number of methoxy groups -OCH3 is 1. The number of rotatable bonds is 7. The van der Waals surface area contributed by atoms with E-state index in [4.69, 9.17) is 19.6 Å². The van der Waals surface area contributed by atoms with E-state index in [2.05, 4.69) is 16.7 Å². The lowest BCUT2D eigenvalue weighted by Crippen LogP contribution is -2.43. The quantitative estimate of drug-likeness (QED) is 0.429. The molecule has 0 unspecified atom stereocenters. The molecule has 0 radical (unpaired) electrons. The highest BCUT2D eigenvalue weighted by Crippen LogP contribution is 2.63. The molecule has 0 saturated heterocycles. The molecule has 2 aromatic heterocycles. The second-order valence-electron chi connectivity index (χ2n) is 8.86. The lowest BCUT2D eigenvalue weighted by molar-refractivity contribution is 0.0493. The number of aryl methyl sites for hydroxylation is 2. The molecule has 0 N–H and O–H groups in total. The monoisotopic (exact) mass is 420 g/mol. The Labute approximate surface area is 181 Å². The van der Waals surface area contributed by atoms with E-state index in [1.165, 1.54) is 5.57 Å². The fraction of sp³-hybridized carbons (Fsp3) is 0.478. The maximum atomic E-state index is 5.67. The van der Waals surface area contributed by atoms with Crippen molar-refractivity contribution in [2.75, 3.05) is 20.3 Å². The second-order valence-corrected chi connectivity index (χ2v) is 8.86. The Morgan fingerprint density at radius 1 is 1.10 bits per heavy atom. The summed E-state index contributed by atoms with van der Waals surface area (Å²) < 4.78 is 14.3. The van der Waals surface area contributed by atoms with Crippen molar-refractivity contribution in [1.29, 1.82) is 0 Å². The van der Waals surface area contributed by atoms with Crippen LogP contribution in [-0.2, 0) is 11.8 Å². The molecule has 2 saturated carbocycles. The van der Waals surface area contributed by atoms with E-state index in [9.17, 15) is 0 Å². The Morgan fingerprint density at radius 2 is 1.84 bits per heavy atom. The molecule has 0 amide bonds. The van der Waals surface area contributed by atoms with Gasteiger partial charge < -0.3 is 9.47 Å². The summed E-state index contributed by atoms with van der Waals surface area (Å²) in [5, 5.41) is 9.25. The van der Waals surface area contributed by atoms with Gasteiger partial charge in [-0.05, 0) is 62.3 Å². The van der Waals surface area contributed by atoms with Crippen LogP contribution in [0.15, 0.2) is 36.4 Å². The van der Waals surface area contributed by atoms with Gasteiger partial charge >= 0.3 is 0 Å². The first kappa shape index (κ1) is 19.9. The first-order chi connectivity index (χ1) is 15.0. The molecular formula is C23H28N6O2. The average Bonchev–Trinajstić information content (AvgIpc) is 3.27.